The second kappa shape index (κ2) is 7.77. The van der Waals surface area contributed by atoms with Crippen molar-refractivity contribution in [2.24, 2.45) is 17.7 Å². The molecule has 0 saturated heterocycles. The molecular weight excluding hydrogens is 248 g/mol. The van der Waals surface area contributed by atoms with Crippen molar-refractivity contribution in [3.8, 4) is 0 Å². The van der Waals surface area contributed by atoms with Crippen LogP contribution in [0.3, 0.4) is 0 Å². The van der Waals surface area contributed by atoms with E-state index in [0.29, 0.717) is 12.5 Å². The zero-order chi connectivity index (χ0) is 14.4. The summed E-state index contributed by atoms with van der Waals surface area (Å²) in [5.41, 5.74) is 4.27. The molecule has 0 spiro atoms. The number of hydrazine groups is 1. The molecule has 1 aromatic carbocycles. The molecule has 1 saturated carbocycles. The summed E-state index contributed by atoms with van der Waals surface area (Å²) >= 11 is 0. The van der Waals surface area contributed by atoms with Gasteiger partial charge in [-0.15, -0.1) is 0 Å². The van der Waals surface area contributed by atoms with E-state index in [4.69, 9.17) is 10.6 Å². The maximum atomic E-state index is 6.03. The van der Waals surface area contributed by atoms with Crippen molar-refractivity contribution in [1.82, 2.24) is 5.43 Å². The summed E-state index contributed by atoms with van der Waals surface area (Å²) in [7, 11) is 0. The Hall–Kier alpha value is -0.900. The number of nitrogens with one attached hydrogen (secondary N) is 1. The quantitative estimate of drug-likeness (QED) is 0.618. The Morgan fingerprint density at radius 3 is 2.65 bits per heavy atom. The molecule has 112 valence electrons. The lowest BCUT2D eigenvalue weighted by Crippen LogP contribution is -2.47. The molecule has 1 aliphatic rings. The highest BCUT2D eigenvalue weighted by Gasteiger charge is 2.33. The third-order valence-electron chi connectivity index (χ3n) is 4.48. The van der Waals surface area contributed by atoms with Crippen LogP contribution in [0.4, 0.5) is 0 Å². The standard InChI is InChI=1S/C17H28N2O/c1-3-20-17(14-9-5-4-6-10-14)16(19-18)15-11-7-8-13(2)12-15/h4-6,9-10,13,15-17,19H,3,7-8,11-12,18H2,1-2H3. The molecule has 1 aromatic rings. The van der Waals surface area contributed by atoms with Crippen LogP contribution < -0.4 is 11.3 Å². The van der Waals surface area contributed by atoms with Crippen molar-refractivity contribution < 1.29 is 4.74 Å². The molecule has 20 heavy (non-hydrogen) atoms. The van der Waals surface area contributed by atoms with E-state index in [2.05, 4.69) is 36.6 Å². The van der Waals surface area contributed by atoms with Crippen molar-refractivity contribution in [3.63, 3.8) is 0 Å². The van der Waals surface area contributed by atoms with Gasteiger partial charge in [-0.3, -0.25) is 11.3 Å². The smallest absolute Gasteiger partial charge is 0.0993 e. The van der Waals surface area contributed by atoms with Crippen molar-refractivity contribution in [1.29, 1.82) is 0 Å². The maximum absolute atomic E-state index is 6.03. The molecular formula is C17H28N2O. The Morgan fingerprint density at radius 2 is 2.05 bits per heavy atom. The normalized spacial score (nSPS) is 26.1. The molecule has 0 aromatic heterocycles. The second-order valence-corrected chi connectivity index (χ2v) is 6.01. The van der Waals surface area contributed by atoms with Gasteiger partial charge in [-0.05, 0) is 37.2 Å². The largest absolute Gasteiger partial charge is 0.372 e. The molecule has 0 radical (unpaired) electrons. The van der Waals surface area contributed by atoms with Crippen LogP contribution in [0, 0.1) is 11.8 Å². The average Bonchev–Trinajstić information content (AvgIpc) is 2.48. The van der Waals surface area contributed by atoms with Gasteiger partial charge in [-0.25, -0.2) is 0 Å². The van der Waals surface area contributed by atoms with Gasteiger partial charge >= 0.3 is 0 Å². The molecule has 0 heterocycles. The molecule has 0 aliphatic heterocycles. The number of benzene rings is 1. The van der Waals surface area contributed by atoms with Gasteiger partial charge in [0.25, 0.3) is 0 Å². The zero-order valence-corrected chi connectivity index (χ0v) is 12.7. The first-order valence-corrected chi connectivity index (χ1v) is 7.89. The van der Waals surface area contributed by atoms with E-state index >= 15 is 0 Å². The molecule has 1 fully saturated rings. The minimum Gasteiger partial charge on any atom is -0.372 e. The monoisotopic (exact) mass is 276 g/mol. The molecule has 3 nitrogen and oxygen atoms in total. The predicted octanol–water partition coefficient (Wildman–Crippen LogP) is 3.42. The Bertz CT molecular complexity index is 382. The Labute approximate surface area is 122 Å². The summed E-state index contributed by atoms with van der Waals surface area (Å²) in [5, 5.41) is 0. The summed E-state index contributed by atoms with van der Waals surface area (Å²) in [5.74, 6) is 7.28. The molecule has 4 atom stereocenters. The van der Waals surface area contributed by atoms with E-state index in [9.17, 15) is 0 Å². The fraction of sp³-hybridized carbons (Fsp3) is 0.647. The predicted molar refractivity (Wildman–Crippen MR) is 83.0 cm³/mol. The topological polar surface area (TPSA) is 47.3 Å². The van der Waals surface area contributed by atoms with E-state index in [-0.39, 0.29) is 12.1 Å². The zero-order valence-electron chi connectivity index (χ0n) is 12.7. The van der Waals surface area contributed by atoms with E-state index < -0.39 is 0 Å². The van der Waals surface area contributed by atoms with Gasteiger partial charge in [0.2, 0.25) is 0 Å². The average molecular weight is 276 g/mol. The van der Waals surface area contributed by atoms with Crippen LogP contribution in [-0.4, -0.2) is 12.6 Å². The molecule has 4 unspecified atom stereocenters. The van der Waals surface area contributed by atoms with E-state index in [0.717, 1.165) is 5.92 Å². The van der Waals surface area contributed by atoms with Gasteiger partial charge in [0.1, 0.15) is 0 Å². The van der Waals surface area contributed by atoms with E-state index in [1.54, 1.807) is 0 Å². The van der Waals surface area contributed by atoms with Gasteiger partial charge in [0.15, 0.2) is 0 Å². The summed E-state index contributed by atoms with van der Waals surface area (Å²) < 4.78 is 6.03. The number of nitrogens with two attached hydrogens (primary N) is 1. The Balaban J connectivity index is 2.16. The molecule has 2 rings (SSSR count). The van der Waals surface area contributed by atoms with Crippen LogP contribution in [0.1, 0.15) is 51.2 Å². The Morgan fingerprint density at radius 1 is 1.30 bits per heavy atom. The number of hydrogen-bond acceptors (Lipinski definition) is 3. The highest BCUT2D eigenvalue weighted by Crippen LogP contribution is 2.36. The van der Waals surface area contributed by atoms with Crippen LogP contribution >= 0.6 is 0 Å². The van der Waals surface area contributed by atoms with Crippen LogP contribution in [0.25, 0.3) is 0 Å². The van der Waals surface area contributed by atoms with Gasteiger partial charge in [0.05, 0.1) is 12.1 Å². The fourth-order valence-corrected chi connectivity index (χ4v) is 3.51. The lowest BCUT2D eigenvalue weighted by molar-refractivity contribution is 0.00641. The Kier molecular flexibility index (Phi) is 6.02. The minimum atomic E-state index is 0.0431. The van der Waals surface area contributed by atoms with Crippen LogP contribution in [-0.2, 0) is 4.74 Å². The first-order valence-electron chi connectivity index (χ1n) is 7.89. The summed E-state index contributed by atoms with van der Waals surface area (Å²) in [6.45, 7) is 5.10. The van der Waals surface area contributed by atoms with Crippen LogP contribution in [0.15, 0.2) is 30.3 Å². The van der Waals surface area contributed by atoms with Gasteiger partial charge < -0.3 is 4.74 Å². The van der Waals surface area contributed by atoms with Gasteiger partial charge in [0, 0.05) is 6.61 Å². The van der Waals surface area contributed by atoms with Crippen LogP contribution in [0.2, 0.25) is 0 Å². The first-order chi connectivity index (χ1) is 9.76. The van der Waals surface area contributed by atoms with Gasteiger partial charge in [-0.1, -0.05) is 50.1 Å². The SMILES string of the molecule is CCOC(c1ccccc1)C(NN)C1CCCC(C)C1. The minimum absolute atomic E-state index is 0.0431. The third-order valence-corrected chi connectivity index (χ3v) is 4.48. The molecule has 0 bridgehead atoms. The highest BCUT2D eigenvalue weighted by molar-refractivity contribution is 5.19. The summed E-state index contributed by atoms with van der Waals surface area (Å²) in [6.07, 6.45) is 5.18. The lowest BCUT2D eigenvalue weighted by atomic mass is 9.76. The first kappa shape index (κ1) is 15.5. The molecule has 3 N–H and O–H groups in total. The highest BCUT2D eigenvalue weighted by atomic mass is 16.5. The summed E-state index contributed by atoms with van der Waals surface area (Å²) in [4.78, 5) is 0. The summed E-state index contributed by atoms with van der Waals surface area (Å²) in [6, 6.07) is 10.6. The second-order valence-electron chi connectivity index (χ2n) is 6.01. The van der Waals surface area contributed by atoms with Crippen molar-refractivity contribution >= 4 is 0 Å². The van der Waals surface area contributed by atoms with Crippen molar-refractivity contribution in [3.05, 3.63) is 35.9 Å². The van der Waals surface area contributed by atoms with Crippen LogP contribution in [0.5, 0.6) is 0 Å². The molecule has 0 amide bonds. The molecule has 1 aliphatic carbocycles. The van der Waals surface area contributed by atoms with Crippen molar-refractivity contribution in [2.75, 3.05) is 6.61 Å². The van der Waals surface area contributed by atoms with E-state index in [1.807, 2.05) is 13.0 Å². The third kappa shape index (κ3) is 3.81. The van der Waals surface area contributed by atoms with Gasteiger partial charge in [-0.2, -0.15) is 0 Å². The molecule has 3 heteroatoms. The number of ether oxygens (including phenoxy) is 1. The fourth-order valence-electron chi connectivity index (χ4n) is 3.51. The van der Waals surface area contributed by atoms with Crippen molar-refractivity contribution in [2.45, 2.75) is 51.7 Å². The van der Waals surface area contributed by atoms with E-state index in [1.165, 1.54) is 31.2 Å². The number of hydrogen-bond donors (Lipinski definition) is 2. The lowest BCUT2D eigenvalue weighted by Gasteiger charge is -2.37. The maximum Gasteiger partial charge on any atom is 0.0993 e. The number of rotatable bonds is 6.